The van der Waals surface area contributed by atoms with Crippen molar-refractivity contribution >= 4 is 0 Å². The highest BCUT2D eigenvalue weighted by molar-refractivity contribution is 5.40. The van der Waals surface area contributed by atoms with Crippen LogP contribution in [0.25, 0.3) is 5.69 Å². The lowest BCUT2D eigenvalue weighted by molar-refractivity contribution is 0.0374. The van der Waals surface area contributed by atoms with E-state index in [1.165, 1.54) is 17.7 Å². The van der Waals surface area contributed by atoms with Gasteiger partial charge >= 0.3 is 0 Å². The lowest BCUT2D eigenvalue weighted by Crippen LogP contribution is -2.36. The molecule has 0 spiro atoms. The second-order valence-corrected chi connectivity index (χ2v) is 5.14. The number of para-hydroxylation sites is 1. The summed E-state index contributed by atoms with van der Waals surface area (Å²) in [6.07, 6.45) is 6.09. The smallest absolute Gasteiger partial charge is 0.0677 e. The normalized spacial score (nSPS) is 16.4. The molecule has 3 rings (SSSR count). The van der Waals surface area contributed by atoms with E-state index in [4.69, 9.17) is 4.74 Å². The SMILES string of the molecule is c1ccc(-n2cccn2)c(CCCN2CCOCC2)c1. The number of ether oxygens (including phenoxy) is 1. The molecule has 1 aromatic heterocycles. The summed E-state index contributed by atoms with van der Waals surface area (Å²) in [6, 6.07) is 10.5. The van der Waals surface area contributed by atoms with Crippen molar-refractivity contribution in [3.8, 4) is 5.69 Å². The van der Waals surface area contributed by atoms with Crippen molar-refractivity contribution in [1.29, 1.82) is 0 Å². The highest BCUT2D eigenvalue weighted by atomic mass is 16.5. The molecule has 2 aromatic rings. The van der Waals surface area contributed by atoms with Crippen molar-refractivity contribution in [3.05, 3.63) is 48.3 Å². The lowest BCUT2D eigenvalue weighted by Gasteiger charge is -2.26. The monoisotopic (exact) mass is 271 g/mol. The van der Waals surface area contributed by atoms with Crippen molar-refractivity contribution in [3.63, 3.8) is 0 Å². The summed E-state index contributed by atoms with van der Waals surface area (Å²) in [5.41, 5.74) is 2.56. The molecule has 20 heavy (non-hydrogen) atoms. The summed E-state index contributed by atoms with van der Waals surface area (Å²) in [6.45, 7) is 5.05. The molecule has 1 fully saturated rings. The Morgan fingerprint density at radius 2 is 1.95 bits per heavy atom. The minimum atomic E-state index is 0.879. The number of hydrogen-bond donors (Lipinski definition) is 0. The van der Waals surface area contributed by atoms with Gasteiger partial charge in [0.15, 0.2) is 0 Å². The Kier molecular flexibility index (Phi) is 4.46. The van der Waals surface area contributed by atoms with Gasteiger partial charge in [-0.2, -0.15) is 5.10 Å². The van der Waals surface area contributed by atoms with Crippen molar-refractivity contribution in [2.24, 2.45) is 0 Å². The van der Waals surface area contributed by atoms with Gasteiger partial charge in [-0.25, -0.2) is 4.68 Å². The minimum Gasteiger partial charge on any atom is -0.379 e. The average Bonchev–Trinajstić information content (AvgIpc) is 3.03. The zero-order chi connectivity index (χ0) is 13.6. The molecule has 4 nitrogen and oxygen atoms in total. The van der Waals surface area contributed by atoms with Gasteiger partial charge in [0.25, 0.3) is 0 Å². The van der Waals surface area contributed by atoms with E-state index in [2.05, 4.69) is 34.3 Å². The molecule has 0 amide bonds. The van der Waals surface area contributed by atoms with Gasteiger partial charge in [-0.05, 0) is 37.1 Å². The predicted molar refractivity (Wildman–Crippen MR) is 79.1 cm³/mol. The lowest BCUT2D eigenvalue weighted by atomic mass is 10.1. The predicted octanol–water partition coefficient (Wildman–Crippen LogP) is 2.14. The van der Waals surface area contributed by atoms with Gasteiger partial charge in [0.05, 0.1) is 18.9 Å². The van der Waals surface area contributed by atoms with E-state index in [9.17, 15) is 0 Å². The molecule has 1 aliphatic heterocycles. The topological polar surface area (TPSA) is 30.3 Å². The molecule has 106 valence electrons. The molecule has 2 heterocycles. The molecule has 0 aliphatic carbocycles. The summed E-state index contributed by atoms with van der Waals surface area (Å²) in [4.78, 5) is 2.49. The van der Waals surface area contributed by atoms with Crippen molar-refractivity contribution in [2.45, 2.75) is 12.8 Å². The van der Waals surface area contributed by atoms with Crippen LogP contribution in [-0.2, 0) is 11.2 Å². The summed E-state index contributed by atoms with van der Waals surface area (Å²) >= 11 is 0. The van der Waals surface area contributed by atoms with E-state index in [-0.39, 0.29) is 0 Å². The number of aryl methyl sites for hydroxylation is 1. The number of aromatic nitrogens is 2. The molecule has 4 heteroatoms. The quantitative estimate of drug-likeness (QED) is 0.834. The molecule has 1 saturated heterocycles. The first-order valence-electron chi connectivity index (χ1n) is 7.31. The fraction of sp³-hybridized carbons (Fsp3) is 0.438. The molecule has 0 atom stereocenters. The zero-order valence-corrected chi connectivity index (χ0v) is 11.7. The average molecular weight is 271 g/mol. The van der Waals surface area contributed by atoms with E-state index in [1.54, 1.807) is 0 Å². The van der Waals surface area contributed by atoms with E-state index < -0.39 is 0 Å². The van der Waals surface area contributed by atoms with Crippen LogP contribution in [-0.4, -0.2) is 47.5 Å². The third-order valence-corrected chi connectivity index (χ3v) is 3.77. The van der Waals surface area contributed by atoms with Crippen LogP contribution in [0.1, 0.15) is 12.0 Å². The van der Waals surface area contributed by atoms with Gasteiger partial charge in [-0.1, -0.05) is 18.2 Å². The molecule has 0 bridgehead atoms. The fourth-order valence-electron chi connectivity index (χ4n) is 2.67. The summed E-state index contributed by atoms with van der Waals surface area (Å²) in [5, 5.41) is 4.33. The van der Waals surface area contributed by atoms with Gasteiger partial charge in [0.2, 0.25) is 0 Å². The third-order valence-electron chi connectivity index (χ3n) is 3.77. The third kappa shape index (κ3) is 3.26. The highest BCUT2D eigenvalue weighted by Gasteiger charge is 2.10. The second-order valence-electron chi connectivity index (χ2n) is 5.14. The van der Waals surface area contributed by atoms with Crippen LogP contribution in [0.2, 0.25) is 0 Å². The molecule has 0 unspecified atom stereocenters. The van der Waals surface area contributed by atoms with Crippen LogP contribution >= 0.6 is 0 Å². The number of rotatable bonds is 5. The maximum Gasteiger partial charge on any atom is 0.0677 e. The number of benzene rings is 1. The maximum absolute atomic E-state index is 5.38. The fourth-order valence-corrected chi connectivity index (χ4v) is 2.67. The molecule has 1 aromatic carbocycles. The van der Waals surface area contributed by atoms with Crippen molar-refractivity contribution in [1.82, 2.24) is 14.7 Å². The number of hydrogen-bond acceptors (Lipinski definition) is 3. The van der Waals surface area contributed by atoms with Crippen LogP contribution < -0.4 is 0 Å². The Morgan fingerprint density at radius 3 is 2.75 bits per heavy atom. The van der Waals surface area contributed by atoms with Gasteiger partial charge in [0, 0.05) is 25.5 Å². The van der Waals surface area contributed by atoms with Crippen LogP contribution in [0.5, 0.6) is 0 Å². The first kappa shape index (κ1) is 13.3. The first-order chi connectivity index (χ1) is 9.93. The van der Waals surface area contributed by atoms with Crippen LogP contribution in [0.3, 0.4) is 0 Å². The molecular formula is C16H21N3O. The highest BCUT2D eigenvalue weighted by Crippen LogP contribution is 2.15. The number of nitrogens with zero attached hydrogens (tertiary/aromatic N) is 3. The van der Waals surface area contributed by atoms with Crippen LogP contribution in [0.15, 0.2) is 42.7 Å². The van der Waals surface area contributed by atoms with Gasteiger partial charge in [0.1, 0.15) is 0 Å². The summed E-state index contributed by atoms with van der Waals surface area (Å²) < 4.78 is 7.33. The molecule has 0 saturated carbocycles. The van der Waals surface area contributed by atoms with Gasteiger partial charge in [-0.15, -0.1) is 0 Å². The summed E-state index contributed by atoms with van der Waals surface area (Å²) in [5.74, 6) is 0. The molecular weight excluding hydrogens is 250 g/mol. The first-order valence-corrected chi connectivity index (χ1v) is 7.31. The van der Waals surface area contributed by atoms with E-state index in [0.717, 1.165) is 39.3 Å². The Morgan fingerprint density at radius 1 is 1.10 bits per heavy atom. The standard InChI is InChI=1S/C16H21N3O/c1-2-7-16(19-10-4-8-17-19)15(5-1)6-3-9-18-11-13-20-14-12-18/h1-2,4-5,7-8,10H,3,6,9,11-14H2. The maximum atomic E-state index is 5.38. The zero-order valence-electron chi connectivity index (χ0n) is 11.7. The summed E-state index contributed by atoms with van der Waals surface area (Å²) in [7, 11) is 0. The van der Waals surface area contributed by atoms with Crippen molar-refractivity contribution in [2.75, 3.05) is 32.8 Å². The van der Waals surface area contributed by atoms with Crippen LogP contribution in [0, 0.1) is 0 Å². The Labute approximate surface area is 120 Å². The van der Waals surface area contributed by atoms with Crippen LogP contribution in [0.4, 0.5) is 0 Å². The van der Waals surface area contributed by atoms with Gasteiger partial charge < -0.3 is 4.74 Å². The Balaban J connectivity index is 1.60. The molecule has 0 radical (unpaired) electrons. The number of morpholine rings is 1. The molecule has 0 N–H and O–H groups in total. The van der Waals surface area contributed by atoms with Crippen molar-refractivity contribution < 1.29 is 4.74 Å². The molecule has 1 aliphatic rings. The Bertz CT molecular complexity index is 518. The van der Waals surface area contributed by atoms with Gasteiger partial charge in [-0.3, -0.25) is 4.90 Å². The minimum absolute atomic E-state index is 0.879. The van der Waals surface area contributed by atoms with E-state index in [0.29, 0.717) is 0 Å². The van der Waals surface area contributed by atoms with E-state index in [1.807, 2.05) is 23.1 Å². The van der Waals surface area contributed by atoms with E-state index >= 15 is 0 Å². The largest absolute Gasteiger partial charge is 0.379 e. The second kappa shape index (κ2) is 6.68. The Hall–Kier alpha value is -1.65.